The number of benzene rings is 11. The quantitative estimate of drug-likeness (QED) is 0.105. The molecule has 0 aliphatic heterocycles. The summed E-state index contributed by atoms with van der Waals surface area (Å²) in [7, 11) is 0. The second kappa shape index (κ2) is 20.4. The Balaban J connectivity index is 1.26. The highest BCUT2D eigenvalue weighted by Gasteiger charge is 2.35. The molecule has 0 bridgehead atoms. The Morgan fingerprint density at radius 1 is 0.268 bits per heavy atom. The Morgan fingerprint density at radius 3 is 1.01 bits per heavy atom. The molecule has 406 valence electrons. The van der Waals surface area contributed by atoms with Gasteiger partial charge in [-0.2, -0.15) is 52.7 Å². The molecular weight excluding hydrogens is 1070 g/mol. The topological polar surface area (TPSA) is 0 Å². The highest BCUT2D eigenvalue weighted by molar-refractivity contribution is 6.31. The lowest BCUT2D eigenvalue weighted by molar-refractivity contribution is -0.138. The van der Waals surface area contributed by atoms with Crippen molar-refractivity contribution in [1.29, 1.82) is 0 Å². The highest BCUT2D eigenvalue weighted by Crippen LogP contribution is 2.55. The van der Waals surface area contributed by atoms with Gasteiger partial charge in [-0.1, -0.05) is 176 Å². The van der Waals surface area contributed by atoms with Gasteiger partial charge in [0.1, 0.15) is 0 Å². The van der Waals surface area contributed by atoms with Gasteiger partial charge in [0.05, 0.1) is 22.3 Å². The van der Waals surface area contributed by atoms with Crippen molar-refractivity contribution in [3.8, 4) is 77.9 Å². The van der Waals surface area contributed by atoms with Gasteiger partial charge in [-0.25, -0.2) is 0 Å². The normalized spacial score (nSPS) is 14.1. The van der Waals surface area contributed by atoms with E-state index < -0.39 is 47.0 Å². The molecule has 0 radical (unpaired) electrons. The third-order valence-corrected chi connectivity index (χ3v) is 15.3. The second-order valence-electron chi connectivity index (χ2n) is 20.3. The van der Waals surface area contributed by atoms with Crippen LogP contribution in [-0.2, 0) is 24.7 Å². The van der Waals surface area contributed by atoms with E-state index in [1.807, 2.05) is 97.1 Å². The Labute approximate surface area is 462 Å². The first-order chi connectivity index (χ1) is 39.2. The first-order valence-corrected chi connectivity index (χ1v) is 26.0. The second-order valence-corrected chi connectivity index (χ2v) is 20.3. The lowest BCUT2D eigenvalue weighted by Gasteiger charge is -2.28. The fraction of sp³-hybridized carbons (Fsp3) is 0.0857. The van der Waals surface area contributed by atoms with Crippen molar-refractivity contribution in [3.05, 3.63) is 264 Å². The van der Waals surface area contributed by atoms with Crippen LogP contribution in [0.15, 0.2) is 237 Å². The fourth-order valence-corrected chi connectivity index (χ4v) is 11.5. The summed E-state index contributed by atoms with van der Waals surface area (Å²) in [5.41, 5.74) is 4.46. The molecule has 82 heavy (non-hydrogen) atoms. The first kappa shape index (κ1) is 53.5. The molecule has 11 aromatic rings. The summed E-state index contributed by atoms with van der Waals surface area (Å²) in [6, 6.07) is 54.7. The summed E-state index contributed by atoms with van der Waals surface area (Å²) in [5.74, 6) is -0.377. The lowest BCUT2D eigenvalue weighted by Crippen LogP contribution is -2.05. The van der Waals surface area contributed by atoms with Gasteiger partial charge in [-0.3, -0.25) is 0 Å². The molecule has 12 rings (SSSR count). The first-order valence-electron chi connectivity index (χ1n) is 26.0. The predicted molar refractivity (Wildman–Crippen MR) is 303 cm³/mol. The number of fused-ring (bicyclic) bond motifs is 3. The van der Waals surface area contributed by atoms with Crippen molar-refractivity contribution < 1.29 is 52.7 Å². The van der Waals surface area contributed by atoms with Crippen LogP contribution < -0.4 is 0 Å². The Hall–Kier alpha value is -9.16. The van der Waals surface area contributed by atoms with Crippen LogP contribution >= 0.6 is 0 Å². The maximum Gasteiger partial charge on any atom is 0.416 e. The Bertz CT molecular complexity index is 4330. The van der Waals surface area contributed by atoms with Crippen molar-refractivity contribution in [2.45, 2.75) is 37.0 Å². The Morgan fingerprint density at radius 2 is 0.598 bits per heavy atom. The zero-order valence-electron chi connectivity index (χ0n) is 42.8. The van der Waals surface area contributed by atoms with E-state index in [1.54, 1.807) is 60.7 Å². The van der Waals surface area contributed by atoms with E-state index in [0.29, 0.717) is 105 Å². The molecular formula is C70H42F12. The maximum atomic E-state index is 14.4. The van der Waals surface area contributed by atoms with Crippen LogP contribution in [0.25, 0.3) is 110 Å². The highest BCUT2D eigenvalue weighted by atomic mass is 19.4. The van der Waals surface area contributed by atoms with Crippen LogP contribution in [0, 0.1) is 0 Å². The van der Waals surface area contributed by atoms with Gasteiger partial charge < -0.3 is 0 Å². The van der Waals surface area contributed by atoms with Gasteiger partial charge in [0.15, 0.2) is 0 Å². The molecule has 0 aromatic heterocycles. The van der Waals surface area contributed by atoms with Crippen molar-refractivity contribution in [1.82, 2.24) is 0 Å². The molecule has 0 heterocycles. The summed E-state index contributed by atoms with van der Waals surface area (Å²) < 4.78 is 171. The zero-order chi connectivity index (χ0) is 57.3. The van der Waals surface area contributed by atoms with Gasteiger partial charge in [0, 0.05) is 5.92 Å². The minimum Gasteiger partial charge on any atom is -0.166 e. The van der Waals surface area contributed by atoms with Gasteiger partial charge in [-0.05, 0) is 183 Å². The number of alkyl halides is 12. The molecule has 1 atom stereocenters. The van der Waals surface area contributed by atoms with Crippen molar-refractivity contribution in [2.75, 3.05) is 0 Å². The van der Waals surface area contributed by atoms with Gasteiger partial charge in [-0.15, -0.1) is 0 Å². The molecule has 0 nitrogen and oxygen atoms in total. The summed E-state index contributed by atoms with van der Waals surface area (Å²) >= 11 is 0. The largest absolute Gasteiger partial charge is 0.416 e. The van der Waals surface area contributed by atoms with Gasteiger partial charge in [0.25, 0.3) is 0 Å². The van der Waals surface area contributed by atoms with E-state index in [4.69, 9.17) is 0 Å². The van der Waals surface area contributed by atoms with E-state index in [1.165, 1.54) is 24.3 Å². The average molecular weight is 1110 g/mol. The monoisotopic (exact) mass is 1110 g/mol. The smallest absolute Gasteiger partial charge is 0.166 e. The molecule has 12 heteroatoms. The minimum absolute atomic E-state index is 0.286. The van der Waals surface area contributed by atoms with Crippen LogP contribution in [-0.4, -0.2) is 0 Å². The van der Waals surface area contributed by atoms with Gasteiger partial charge >= 0.3 is 24.7 Å². The van der Waals surface area contributed by atoms with E-state index in [2.05, 4.69) is 6.08 Å². The number of allylic oxidation sites excluding steroid dienone is 4. The average Bonchev–Trinajstić information content (AvgIpc) is 0.810. The number of hydrogen-bond acceptors (Lipinski definition) is 0. The fourth-order valence-electron chi connectivity index (χ4n) is 11.5. The summed E-state index contributed by atoms with van der Waals surface area (Å²) in [5, 5.41) is 4.01. The Kier molecular flexibility index (Phi) is 13.3. The van der Waals surface area contributed by atoms with E-state index in [0.717, 1.165) is 59.7 Å². The summed E-state index contributed by atoms with van der Waals surface area (Å²) in [4.78, 5) is 0. The van der Waals surface area contributed by atoms with Crippen LogP contribution in [0.3, 0.4) is 0 Å². The van der Waals surface area contributed by atoms with Crippen LogP contribution in [0.2, 0.25) is 0 Å². The summed E-state index contributed by atoms with van der Waals surface area (Å²) in [6.07, 6.45) is -10.1. The number of halogens is 12. The van der Waals surface area contributed by atoms with Crippen LogP contribution in [0.1, 0.15) is 40.2 Å². The zero-order valence-corrected chi connectivity index (χ0v) is 42.8. The van der Waals surface area contributed by atoms with Crippen LogP contribution in [0.4, 0.5) is 52.7 Å². The number of rotatable bonds is 8. The molecule has 0 fully saturated rings. The molecule has 0 amide bonds. The minimum atomic E-state index is -4.65. The molecule has 1 aliphatic carbocycles. The molecule has 0 N–H and O–H groups in total. The van der Waals surface area contributed by atoms with E-state index in [-0.39, 0.29) is 11.5 Å². The molecule has 0 saturated carbocycles. The maximum absolute atomic E-state index is 14.4. The number of hydrogen-bond donors (Lipinski definition) is 0. The molecule has 1 unspecified atom stereocenters. The molecule has 1 aliphatic rings. The van der Waals surface area contributed by atoms with Crippen molar-refractivity contribution in [3.63, 3.8) is 0 Å². The molecule has 0 spiro atoms. The van der Waals surface area contributed by atoms with Crippen molar-refractivity contribution >= 4 is 32.3 Å². The van der Waals surface area contributed by atoms with Crippen LogP contribution in [0.5, 0.6) is 0 Å². The van der Waals surface area contributed by atoms with E-state index in [9.17, 15) is 52.7 Å². The molecule has 0 saturated heterocycles. The standard InChI is InChI=1S/C70H42F12/c71-67(72,73)53-19-7-15-47(35-53)41-23-27-45(28-24-41)61-58-34-32-52(50-18-10-22-56(38-50)70(80,81)82)40-60(58)64(44-13-5-2-6-14-44)66-62(46-29-25-42(26-30-46)48-16-8-20-54(36-48)68(74,75)76)57-33-31-51(49-17-9-21-55(37-49)69(77,78)79)39-59(57)63(65(61)66)43-11-3-1-4-12-43/h1-13,15-40,44H,14H2. The van der Waals surface area contributed by atoms with Crippen molar-refractivity contribution in [2.24, 2.45) is 0 Å². The third-order valence-electron chi connectivity index (χ3n) is 15.3. The SMILES string of the molecule is FC(F)(F)c1cccc(-c2ccc(-c3c4ccc(-c5cccc(C(F)(F)F)c5)cc4c(C4C=CC=CC4)c4c(-c5ccc(-c6cccc(C(F)(F)F)c6)cc5)c5ccc(-c6cccc(C(F)(F)F)c6)cc5c(-c5ccccc5)c34)cc2)c1. The molecule has 11 aromatic carbocycles. The van der Waals surface area contributed by atoms with E-state index >= 15 is 0 Å². The third kappa shape index (κ3) is 10.1. The summed E-state index contributed by atoms with van der Waals surface area (Å²) in [6.45, 7) is 0. The van der Waals surface area contributed by atoms with Gasteiger partial charge in [0.2, 0.25) is 0 Å². The predicted octanol–water partition coefficient (Wildman–Crippen LogP) is 22.5. The lowest BCUT2D eigenvalue weighted by atomic mass is 9.74.